The van der Waals surface area contributed by atoms with Crippen LogP contribution in [0.2, 0.25) is 0 Å². The van der Waals surface area contributed by atoms with Crippen molar-refractivity contribution < 1.29 is 24.8 Å². The van der Waals surface area contributed by atoms with Crippen LogP contribution in [0.3, 0.4) is 0 Å². The van der Waals surface area contributed by atoms with Gasteiger partial charge >= 0.3 is 0 Å². The molecule has 2 rings (SSSR count). The monoisotopic (exact) mass is 366 g/mol. The van der Waals surface area contributed by atoms with E-state index in [1.165, 1.54) is 0 Å². The van der Waals surface area contributed by atoms with Crippen LogP contribution >= 0.6 is 0 Å². The van der Waals surface area contributed by atoms with Gasteiger partial charge in [0.2, 0.25) is 5.88 Å². The summed E-state index contributed by atoms with van der Waals surface area (Å²) in [7, 11) is 1.62. The second-order valence-electron chi connectivity index (χ2n) is 2.53. The van der Waals surface area contributed by atoms with E-state index in [4.69, 9.17) is 4.74 Å². The summed E-state index contributed by atoms with van der Waals surface area (Å²) in [6.45, 7) is 0. The minimum absolute atomic E-state index is 0. The Balaban J connectivity index is 0.000000980. The average Bonchev–Trinajstić information content (AvgIpc) is 2.67. The largest absolute Gasteiger partial charge is 0.481 e. The third-order valence-corrected chi connectivity index (χ3v) is 1.74. The summed E-state index contributed by atoms with van der Waals surface area (Å²) < 4.78 is 6.81. The zero-order valence-electron chi connectivity index (χ0n) is 7.60. The van der Waals surface area contributed by atoms with Crippen molar-refractivity contribution in [1.82, 2.24) is 9.78 Å². The summed E-state index contributed by atoms with van der Waals surface area (Å²) in [4.78, 5) is 0. The van der Waals surface area contributed by atoms with E-state index in [9.17, 15) is 0 Å². The Morgan fingerprint density at radius 1 is 1.36 bits per heavy atom. The van der Waals surface area contributed by atoms with Crippen LogP contribution in [0.1, 0.15) is 0 Å². The topological polar surface area (TPSA) is 27.1 Å². The molecule has 0 aliphatic rings. The molecule has 0 aliphatic carbocycles. The van der Waals surface area contributed by atoms with E-state index >= 15 is 0 Å². The van der Waals surface area contributed by atoms with Gasteiger partial charge < -0.3 is 4.74 Å². The first-order valence-electron chi connectivity index (χ1n) is 3.97. The maximum absolute atomic E-state index is 5.12. The fourth-order valence-corrected chi connectivity index (χ4v) is 1.14. The summed E-state index contributed by atoms with van der Waals surface area (Å²) in [6, 6.07) is 12.5. The van der Waals surface area contributed by atoms with Gasteiger partial charge in [-0.25, -0.2) is 4.68 Å². The van der Waals surface area contributed by atoms with Crippen LogP contribution in [-0.4, -0.2) is 16.9 Å². The minimum Gasteiger partial charge on any atom is -0.481 e. The first-order chi connectivity index (χ1) is 6.42. The molecule has 0 spiro atoms. The summed E-state index contributed by atoms with van der Waals surface area (Å²) in [5, 5.41) is 4.12. The van der Waals surface area contributed by atoms with Crippen molar-refractivity contribution >= 4 is 0 Å². The molecule has 0 fully saturated rings. The van der Waals surface area contributed by atoms with Gasteiger partial charge in [0.1, 0.15) is 0 Å². The standard InChI is InChI=1S/C10H9N2O.Ir/c1-13-10-7-8-11-12(10)9-5-3-2-4-6-9;/h2-5,7-8H,1H3;/q-1;. The molecule has 4 heteroatoms. The number of aromatic nitrogens is 2. The average molecular weight is 365 g/mol. The van der Waals surface area contributed by atoms with E-state index in [1.807, 2.05) is 24.3 Å². The molecule has 0 amide bonds. The molecule has 1 aromatic heterocycles. The number of hydrogen-bond donors (Lipinski definition) is 0. The van der Waals surface area contributed by atoms with Crippen molar-refractivity contribution in [2.45, 2.75) is 0 Å². The van der Waals surface area contributed by atoms with Gasteiger partial charge in [0.15, 0.2) is 0 Å². The third kappa shape index (κ3) is 2.03. The van der Waals surface area contributed by atoms with Crippen LogP contribution in [0.5, 0.6) is 5.88 Å². The molecule has 1 radical (unpaired) electrons. The Labute approximate surface area is 96.1 Å². The van der Waals surface area contributed by atoms with Crippen molar-refractivity contribution in [3.8, 4) is 11.6 Å². The Morgan fingerprint density at radius 2 is 2.21 bits per heavy atom. The van der Waals surface area contributed by atoms with Crippen LogP contribution in [0.15, 0.2) is 36.5 Å². The number of nitrogens with zero attached hydrogens (tertiary/aromatic N) is 2. The maximum Gasteiger partial charge on any atom is 0.214 e. The van der Waals surface area contributed by atoms with Gasteiger partial charge in [-0.3, -0.25) is 0 Å². The minimum atomic E-state index is 0. The SMILES string of the molecule is COc1ccnn1-c1[c-]cccc1.[Ir]. The number of rotatable bonds is 2. The molecule has 1 heterocycles. The van der Waals surface area contributed by atoms with Crippen LogP contribution in [0, 0.1) is 6.07 Å². The third-order valence-electron chi connectivity index (χ3n) is 1.74. The van der Waals surface area contributed by atoms with Crippen molar-refractivity contribution in [3.63, 3.8) is 0 Å². The molecule has 0 atom stereocenters. The molecule has 0 aliphatic heterocycles. The van der Waals surface area contributed by atoms with Crippen LogP contribution in [0.25, 0.3) is 5.69 Å². The smallest absolute Gasteiger partial charge is 0.214 e. The maximum atomic E-state index is 5.12. The van der Waals surface area contributed by atoms with Crippen LogP contribution in [-0.2, 0) is 20.1 Å². The number of methoxy groups -OCH3 is 1. The number of para-hydroxylation sites is 1. The van der Waals surface area contributed by atoms with E-state index in [0.717, 1.165) is 5.69 Å². The summed E-state index contributed by atoms with van der Waals surface area (Å²) >= 11 is 0. The van der Waals surface area contributed by atoms with Gasteiger partial charge in [0.25, 0.3) is 0 Å². The van der Waals surface area contributed by atoms with Gasteiger partial charge in [-0.15, -0.1) is 6.07 Å². The Kier molecular flexibility index (Phi) is 3.86. The number of hydrogen-bond acceptors (Lipinski definition) is 2. The molecule has 75 valence electrons. The van der Waals surface area contributed by atoms with Gasteiger partial charge in [0.05, 0.1) is 13.3 Å². The summed E-state index contributed by atoms with van der Waals surface area (Å²) in [6.07, 6.45) is 1.69. The second-order valence-corrected chi connectivity index (χ2v) is 2.53. The predicted molar refractivity (Wildman–Crippen MR) is 49.0 cm³/mol. The molecule has 14 heavy (non-hydrogen) atoms. The summed E-state index contributed by atoms with van der Waals surface area (Å²) in [5.41, 5.74) is 0.879. The Morgan fingerprint density at radius 3 is 2.86 bits per heavy atom. The molecule has 1 aromatic carbocycles. The molecule has 0 N–H and O–H groups in total. The predicted octanol–water partition coefficient (Wildman–Crippen LogP) is 1.68. The Hall–Kier alpha value is -1.12. The van der Waals surface area contributed by atoms with E-state index in [1.54, 1.807) is 24.1 Å². The molecule has 3 nitrogen and oxygen atoms in total. The van der Waals surface area contributed by atoms with Crippen LogP contribution < -0.4 is 4.74 Å². The van der Waals surface area contributed by atoms with Crippen molar-refractivity contribution in [2.24, 2.45) is 0 Å². The molecule has 0 unspecified atom stereocenters. The zero-order chi connectivity index (χ0) is 9.10. The van der Waals surface area contributed by atoms with Crippen LogP contribution in [0.4, 0.5) is 0 Å². The molecule has 0 saturated heterocycles. The van der Waals surface area contributed by atoms with Crippen molar-refractivity contribution in [3.05, 3.63) is 42.6 Å². The number of ether oxygens (including phenoxy) is 1. The van der Waals surface area contributed by atoms with Gasteiger partial charge in [-0.05, 0) is 5.69 Å². The molecule has 2 aromatic rings. The Bertz CT molecular complexity index is 386. The van der Waals surface area contributed by atoms with Gasteiger partial charge in [-0.2, -0.15) is 29.4 Å². The number of benzene rings is 1. The fourth-order valence-electron chi connectivity index (χ4n) is 1.14. The van der Waals surface area contributed by atoms with E-state index in [0.29, 0.717) is 5.88 Å². The van der Waals surface area contributed by atoms with Crippen molar-refractivity contribution in [1.29, 1.82) is 0 Å². The van der Waals surface area contributed by atoms with Crippen molar-refractivity contribution in [2.75, 3.05) is 7.11 Å². The van der Waals surface area contributed by atoms with Gasteiger partial charge in [0, 0.05) is 26.2 Å². The first-order valence-corrected chi connectivity index (χ1v) is 3.97. The van der Waals surface area contributed by atoms with E-state index < -0.39 is 0 Å². The molecular formula is C10H9IrN2O-. The quantitative estimate of drug-likeness (QED) is 0.758. The second kappa shape index (κ2) is 4.94. The van der Waals surface area contributed by atoms with E-state index in [2.05, 4.69) is 11.2 Å². The normalized spacial score (nSPS) is 9.21. The fraction of sp³-hybridized carbons (Fsp3) is 0.100. The molecule has 0 saturated carbocycles. The molecule has 0 bridgehead atoms. The molecular weight excluding hydrogens is 356 g/mol. The van der Waals surface area contributed by atoms with E-state index in [-0.39, 0.29) is 20.1 Å². The first kappa shape index (κ1) is 11.0. The van der Waals surface area contributed by atoms with Gasteiger partial charge in [-0.1, -0.05) is 0 Å². The summed E-state index contributed by atoms with van der Waals surface area (Å²) in [5.74, 6) is 0.711. The zero-order valence-corrected chi connectivity index (χ0v) is 10.00.